The molecule has 22 heavy (non-hydrogen) atoms. The molecule has 1 atom stereocenters. The number of rotatable bonds is 5. The summed E-state index contributed by atoms with van der Waals surface area (Å²) in [5.41, 5.74) is 2.08. The number of ether oxygens (including phenoxy) is 3. The molecule has 116 valence electrons. The van der Waals surface area contributed by atoms with E-state index < -0.39 is 0 Å². The summed E-state index contributed by atoms with van der Waals surface area (Å²) >= 11 is 0. The molecule has 0 saturated carbocycles. The van der Waals surface area contributed by atoms with Crippen LogP contribution in [0.4, 0.5) is 0 Å². The van der Waals surface area contributed by atoms with Crippen molar-refractivity contribution in [1.82, 2.24) is 0 Å². The Morgan fingerprint density at radius 1 is 1.18 bits per heavy atom. The highest BCUT2D eigenvalue weighted by molar-refractivity contribution is 5.87. The lowest BCUT2D eigenvalue weighted by Crippen LogP contribution is -2.22. The van der Waals surface area contributed by atoms with E-state index >= 15 is 0 Å². The monoisotopic (exact) mass is 298 g/mol. The van der Waals surface area contributed by atoms with E-state index in [1.807, 2.05) is 12.1 Å². The van der Waals surface area contributed by atoms with Crippen molar-refractivity contribution in [1.29, 1.82) is 0 Å². The maximum atomic E-state index is 5.81. The molecule has 1 saturated heterocycles. The van der Waals surface area contributed by atoms with E-state index in [0.717, 1.165) is 41.7 Å². The summed E-state index contributed by atoms with van der Waals surface area (Å²) in [6.07, 6.45) is 3.21. The SMILES string of the molecule is C=C(COC1CCCCO1)c1ccc2cc(OC)ccc2c1. The average Bonchev–Trinajstić information content (AvgIpc) is 2.59. The molecular weight excluding hydrogens is 276 g/mol. The molecule has 1 aliphatic rings. The fourth-order valence-corrected chi connectivity index (χ4v) is 2.69. The Morgan fingerprint density at radius 3 is 2.77 bits per heavy atom. The Labute approximate surface area is 131 Å². The van der Waals surface area contributed by atoms with Crippen molar-refractivity contribution in [3.05, 3.63) is 48.5 Å². The van der Waals surface area contributed by atoms with Gasteiger partial charge in [-0.15, -0.1) is 0 Å². The van der Waals surface area contributed by atoms with E-state index in [9.17, 15) is 0 Å². The van der Waals surface area contributed by atoms with Gasteiger partial charge in [0.15, 0.2) is 6.29 Å². The van der Waals surface area contributed by atoms with E-state index in [2.05, 4.69) is 30.8 Å². The zero-order chi connectivity index (χ0) is 15.4. The van der Waals surface area contributed by atoms with E-state index in [1.54, 1.807) is 7.11 Å². The molecule has 3 heteroatoms. The summed E-state index contributed by atoms with van der Waals surface area (Å²) in [5.74, 6) is 0.872. The van der Waals surface area contributed by atoms with E-state index in [4.69, 9.17) is 14.2 Å². The molecule has 1 aliphatic heterocycles. The molecule has 1 unspecified atom stereocenters. The van der Waals surface area contributed by atoms with Crippen molar-refractivity contribution >= 4 is 16.3 Å². The number of hydrogen-bond acceptors (Lipinski definition) is 3. The van der Waals surface area contributed by atoms with Crippen molar-refractivity contribution in [2.24, 2.45) is 0 Å². The summed E-state index contributed by atoms with van der Waals surface area (Å²) in [4.78, 5) is 0. The standard InChI is InChI=1S/C19H22O3/c1-14(13-22-19-5-3-4-10-21-19)15-6-7-17-12-18(20-2)9-8-16(17)11-15/h6-9,11-12,19H,1,3-5,10,13H2,2H3. The van der Waals surface area contributed by atoms with Crippen LogP contribution in [0.25, 0.3) is 16.3 Å². The fraction of sp³-hybridized carbons (Fsp3) is 0.368. The predicted octanol–water partition coefficient (Wildman–Crippen LogP) is 4.40. The lowest BCUT2D eigenvalue weighted by Gasteiger charge is -2.23. The maximum Gasteiger partial charge on any atom is 0.158 e. The summed E-state index contributed by atoms with van der Waals surface area (Å²) in [6, 6.07) is 12.4. The Kier molecular flexibility index (Phi) is 4.76. The van der Waals surface area contributed by atoms with Gasteiger partial charge >= 0.3 is 0 Å². The highest BCUT2D eigenvalue weighted by Crippen LogP contribution is 2.25. The highest BCUT2D eigenvalue weighted by Gasteiger charge is 2.14. The Balaban J connectivity index is 1.68. The Morgan fingerprint density at radius 2 is 2.00 bits per heavy atom. The first kappa shape index (κ1) is 15.1. The van der Waals surface area contributed by atoms with Crippen LogP contribution in [0.2, 0.25) is 0 Å². The maximum absolute atomic E-state index is 5.81. The quantitative estimate of drug-likeness (QED) is 0.818. The van der Waals surface area contributed by atoms with Gasteiger partial charge in [0.1, 0.15) is 5.75 Å². The van der Waals surface area contributed by atoms with Crippen LogP contribution in [0.5, 0.6) is 5.75 Å². The fourth-order valence-electron chi connectivity index (χ4n) is 2.69. The second-order valence-electron chi connectivity index (χ2n) is 5.64. The van der Waals surface area contributed by atoms with Crippen molar-refractivity contribution < 1.29 is 14.2 Å². The Hall–Kier alpha value is -1.84. The predicted molar refractivity (Wildman–Crippen MR) is 89.1 cm³/mol. The van der Waals surface area contributed by atoms with Gasteiger partial charge < -0.3 is 14.2 Å². The molecule has 3 nitrogen and oxygen atoms in total. The van der Waals surface area contributed by atoms with Crippen LogP contribution < -0.4 is 4.74 Å². The van der Waals surface area contributed by atoms with E-state index in [-0.39, 0.29) is 6.29 Å². The van der Waals surface area contributed by atoms with Crippen LogP contribution in [-0.2, 0) is 9.47 Å². The lowest BCUT2D eigenvalue weighted by atomic mass is 10.0. The third kappa shape index (κ3) is 3.49. The topological polar surface area (TPSA) is 27.7 Å². The third-order valence-electron chi connectivity index (χ3n) is 4.04. The zero-order valence-corrected chi connectivity index (χ0v) is 13.0. The third-order valence-corrected chi connectivity index (χ3v) is 4.04. The Bertz CT molecular complexity index is 657. The first-order valence-electron chi connectivity index (χ1n) is 7.75. The minimum atomic E-state index is -0.0739. The molecule has 2 aromatic rings. The molecular formula is C19H22O3. The molecule has 0 spiro atoms. The molecule has 0 aliphatic carbocycles. The van der Waals surface area contributed by atoms with Crippen molar-refractivity contribution in [2.45, 2.75) is 25.6 Å². The summed E-state index contributed by atoms with van der Waals surface area (Å²) in [6.45, 7) is 5.45. The van der Waals surface area contributed by atoms with Crippen LogP contribution in [0, 0.1) is 0 Å². The van der Waals surface area contributed by atoms with Crippen LogP contribution in [0.3, 0.4) is 0 Å². The second kappa shape index (κ2) is 6.95. The molecule has 2 aromatic carbocycles. The summed E-state index contributed by atoms with van der Waals surface area (Å²) < 4.78 is 16.6. The van der Waals surface area contributed by atoms with Crippen molar-refractivity contribution in [3.63, 3.8) is 0 Å². The van der Waals surface area contributed by atoms with Gasteiger partial charge in [-0.05, 0) is 59.4 Å². The molecule has 3 rings (SSSR count). The van der Waals surface area contributed by atoms with Crippen molar-refractivity contribution in [2.75, 3.05) is 20.3 Å². The lowest BCUT2D eigenvalue weighted by molar-refractivity contribution is -0.154. The minimum absolute atomic E-state index is 0.0739. The van der Waals surface area contributed by atoms with Gasteiger partial charge in [0.2, 0.25) is 0 Å². The van der Waals surface area contributed by atoms with Gasteiger partial charge in [0, 0.05) is 6.61 Å². The van der Waals surface area contributed by atoms with Crippen LogP contribution in [0.15, 0.2) is 43.0 Å². The highest BCUT2D eigenvalue weighted by atomic mass is 16.7. The molecule has 0 aromatic heterocycles. The first-order valence-corrected chi connectivity index (χ1v) is 7.75. The van der Waals surface area contributed by atoms with Crippen molar-refractivity contribution in [3.8, 4) is 5.75 Å². The van der Waals surface area contributed by atoms with Gasteiger partial charge in [0.05, 0.1) is 13.7 Å². The van der Waals surface area contributed by atoms with E-state index in [1.165, 1.54) is 11.8 Å². The molecule has 0 N–H and O–H groups in total. The largest absolute Gasteiger partial charge is 0.497 e. The van der Waals surface area contributed by atoms with Crippen LogP contribution >= 0.6 is 0 Å². The molecule has 1 heterocycles. The normalized spacial score (nSPS) is 18.3. The first-order chi connectivity index (χ1) is 10.8. The number of hydrogen-bond donors (Lipinski definition) is 0. The van der Waals surface area contributed by atoms with Crippen LogP contribution in [-0.4, -0.2) is 26.6 Å². The average molecular weight is 298 g/mol. The zero-order valence-electron chi connectivity index (χ0n) is 13.0. The summed E-state index contributed by atoms with van der Waals surface area (Å²) in [5, 5.41) is 2.33. The van der Waals surface area contributed by atoms with Gasteiger partial charge in [-0.25, -0.2) is 0 Å². The summed E-state index contributed by atoms with van der Waals surface area (Å²) in [7, 11) is 1.68. The minimum Gasteiger partial charge on any atom is -0.497 e. The van der Waals surface area contributed by atoms with Gasteiger partial charge in [-0.2, -0.15) is 0 Å². The molecule has 0 amide bonds. The van der Waals surface area contributed by atoms with Gasteiger partial charge in [0.25, 0.3) is 0 Å². The molecule has 0 bridgehead atoms. The van der Waals surface area contributed by atoms with E-state index in [0.29, 0.717) is 6.61 Å². The molecule has 1 fully saturated rings. The smallest absolute Gasteiger partial charge is 0.158 e. The van der Waals surface area contributed by atoms with Gasteiger partial charge in [-0.1, -0.05) is 24.8 Å². The number of methoxy groups -OCH3 is 1. The second-order valence-corrected chi connectivity index (χ2v) is 5.64. The molecule has 0 radical (unpaired) electrons. The number of benzene rings is 2. The van der Waals surface area contributed by atoms with Gasteiger partial charge in [-0.3, -0.25) is 0 Å². The number of fused-ring (bicyclic) bond motifs is 1. The van der Waals surface area contributed by atoms with Crippen LogP contribution in [0.1, 0.15) is 24.8 Å².